The molecule has 4 nitrogen and oxygen atoms in total. The molecule has 226 valence electrons. The summed E-state index contributed by atoms with van der Waals surface area (Å²) in [7, 11) is 0. The molecule has 0 spiro atoms. The zero-order valence-corrected chi connectivity index (χ0v) is 26.6. The van der Waals surface area contributed by atoms with Crippen LogP contribution in [0.1, 0.15) is 11.1 Å². The quantitative estimate of drug-likeness (QED) is 0.180. The Labute approximate surface area is 282 Å². The largest absolute Gasteiger partial charge is 0.455 e. The number of fused-ring (bicyclic) bond motifs is 11. The lowest BCUT2D eigenvalue weighted by atomic mass is 9.44. The standard InChI is InChI=1S/C44H26BN3O/c1-26-32(28-21-19-27(25-46)20-22-28)24-38-42-40(26)34-23-33-30-13-6-10-18-39(30)49-44(33)41-31-14-5-8-16-36(31)48(43(34)41)45(42)35-15-7-9-17-37(35)47(38)29-11-3-2-4-12-29/h2-24H,1H3. The van der Waals surface area contributed by atoms with Crippen molar-refractivity contribution in [3.63, 3.8) is 0 Å². The number of benzene rings is 7. The average Bonchev–Trinajstić information content (AvgIpc) is 3.70. The summed E-state index contributed by atoms with van der Waals surface area (Å²) in [6.07, 6.45) is 0. The van der Waals surface area contributed by atoms with Crippen molar-refractivity contribution in [3.05, 3.63) is 151 Å². The Bertz CT molecular complexity index is 2910. The van der Waals surface area contributed by atoms with Gasteiger partial charge in [-0.15, -0.1) is 0 Å². The molecular weight excluding hydrogens is 597 g/mol. The number of nitrogens with zero attached hydrogens (tertiary/aromatic N) is 3. The van der Waals surface area contributed by atoms with Gasteiger partial charge in [0.2, 0.25) is 0 Å². The van der Waals surface area contributed by atoms with Gasteiger partial charge in [0, 0.05) is 49.8 Å². The topological polar surface area (TPSA) is 45.1 Å². The molecule has 0 atom stereocenters. The van der Waals surface area contributed by atoms with Crippen LogP contribution < -0.4 is 15.8 Å². The lowest BCUT2D eigenvalue weighted by Crippen LogP contribution is -2.56. The SMILES string of the molecule is Cc1c(-c2ccc(C#N)cc2)cc2c3c1-c1cc4c5ccccc5oc4c4c5ccccc5n(c14)B3c1ccccc1N2c1ccccc1. The van der Waals surface area contributed by atoms with E-state index in [0.717, 1.165) is 44.1 Å². The van der Waals surface area contributed by atoms with E-state index < -0.39 is 0 Å². The highest BCUT2D eigenvalue weighted by Crippen LogP contribution is 2.51. The molecule has 0 saturated carbocycles. The number of furan rings is 1. The summed E-state index contributed by atoms with van der Waals surface area (Å²) in [5, 5.41) is 14.2. The number of aromatic nitrogens is 1. The fourth-order valence-corrected chi connectivity index (χ4v) is 8.78. The van der Waals surface area contributed by atoms with Gasteiger partial charge in [-0.1, -0.05) is 84.9 Å². The maximum absolute atomic E-state index is 9.60. The van der Waals surface area contributed by atoms with Crippen LogP contribution in [0.4, 0.5) is 17.1 Å². The van der Waals surface area contributed by atoms with E-state index >= 15 is 0 Å². The summed E-state index contributed by atoms with van der Waals surface area (Å²) in [6.45, 7) is 2.22. The van der Waals surface area contributed by atoms with Crippen molar-refractivity contribution in [2.24, 2.45) is 0 Å². The van der Waals surface area contributed by atoms with Crippen molar-refractivity contribution in [2.45, 2.75) is 6.92 Å². The second-order valence-corrected chi connectivity index (χ2v) is 13.2. The van der Waals surface area contributed by atoms with Crippen LogP contribution in [0.2, 0.25) is 0 Å². The van der Waals surface area contributed by atoms with Gasteiger partial charge < -0.3 is 13.8 Å². The second kappa shape index (κ2) is 9.53. The molecule has 49 heavy (non-hydrogen) atoms. The molecule has 4 heterocycles. The molecule has 0 fully saturated rings. The van der Waals surface area contributed by atoms with Crippen molar-refractivity contribution in [2.75, 3.05) is 4.90 Å². The Morgan fingerprint density at radius 3 is 2.24 bits per heavy atom. The van der Waals surface area contributed by atoms with Crippen LogP contribution in [0.25, 0.3) is 66.0 Å². The Morgan fingerprint density at radius 2 is 1.41 bits per heavy atom. The maximum Gasteiger partial charge on any atom is 0.333 e. The molecule has 2 aliphatic rings. The third kappa shape index (κ3) is 3.37. The van der Waals surface area contributed by atoms with Crippen LogP contribution in [-0.2, 0) is 0 Å². The van der Waals surface area contributed by atoms with Crippen LogP contribution in [0.15, 0.2) is 144 Å². The number of nitriles is 1. The van der Waals surface area contributed by atoms with E-state index in [2.05, 4.69) is 144 Å². The van der Waals surface area contributed by atoms with E-state index in [1.54, 1.807) is 0 Å². The van der Waals surface area contributed by atoms with Crippen molar-refractivity contribution in [3.8, 4) is 28.3 Å². The highest BCUT2D eigenvalue weighted by molar-refractivity contribution is 6.90. The Balaban J connectivity index is 1.38. The summed E-state index contributed by atoms with van der Waals surface area (Å²) in [4.78, 5) is 2.44. The number of hydrogen-bond acceptors (Lipinski definition) is 3. The Hall–Kier alpha value is -6.51. The maximum atomic E-state index is 9.60. The summed E-state index contributed by atoms with van der Waals surface area (Å²) in [6, 6.07) is 51.9. The van der Waals surface area contributed by atoms with Gasteiger partial charge in [0.1, 0.15) is 11.2 Å². The van der Waals surface area contributed by atoms with Gasteiger partial charge in [-0.2, -0.15) is 5.26 Å². The highest BCUT2D eigenvalue weighted by atomic mass is 16.3. The van der Waals surface area contributed by atoms with Gasteiger partial charge in [0.05, 0.1) is 17.0 Å². The van der Waals surface area contributed by atoms with Gasteiger partial charge in [-0.25, -0.2) is 0 Å². The summed E-state index contributed by atoms with van der Waals surface area (Å²) in [5.74, 6) is 0. The van der Waals surface area contributed by atoms with Gasteiger partial charge >= 0.3 is 6.85 Å². The zero-order valence-electron chi connectivity index (χ0n) is 26.6. The fraction of sp³-hybridized carbons (Fsp3) is 0.0227. The number of rotatable bonds is 2. The first-order chi connectivity index (χ1) is 24.2. The number of para-hydroxylation sites is 4. The van der Waals surface area contributed by atoms with Crippen LogP contribution in [-0.4, -0.2) is 11.3 Å². The van der Waals surface area contributed by atoms with E-state index in [0.29, 0.717) is 5.56 Å². The van der Waals surface area contributed by atoms with Crippen molar-refractivity contribution < 1.29 is 4.42 Å². The predicted octanol–water partition coefficient (Wildman–Crippen LogP) is 9.96. The van der Waals surface area contributed by atoms with E-state index in [4.69, 9.17) is 4.42 Å². The monoisotopic (exact) mass is 623 g/mol. The Morgan fingerprint density at radius 1 is 0.673 bits per heavy atom. The molecule has 9 aromatic rings. The molecule has 0 bridgehead atoms. The molecule has 11 rings (SSSR count). The Kier molecular flexibility index (Phi) is 5.16. The first-order valence-corrected chi connectivity index (χ1v) is 16.7. The zero-order chi connectivity index (χ0) is 32.4. The third-order valence-corrected chi connectivity index (χ3v) is 10.8. The summed E-state index contributed by atoms with van der Waals surface area (Å²) in [5.41, 5.74) is 16.9. The molecule has 0 aliphatic carbocycles. The molecule has 0 N–H and O–H groups in total. The molecular formula is C44H26BN3O. The van der Waals surface area contributed by atoms with Crippen molar-refractivity contribution in [1.82, 2.24) is 4.48 Å². The van der Waals surface area contributed by atoms with E-state index in [1.807, 2.05) is 18.2 Å². The lowest BCUT2D eigenvalue weighted by Gasteiger charge is -2.41. The second-order valence-electron chi connectivity index (χ2n) is 13.2. The van der Waals surface area contributed by atoms with Gasteiger partial charge in [-0.05, 0) is 94.7 Å². The fourth-order valence-electron chi connectivity index (χ4n) is 8.78. The van der Waals surface area contributed by atoms with Gasteiger partial charge in [0.15, 0.2) is 0 Å². The van der Waals surface area contributed by atoms with E-state index in [1.165, 1.54) is 55.4 Å². The van der Waals surface area contributed by atoms with Crippen molar-refractivity contribution >= 4 is 78.6 Å². The van der Waals surface area contributed by atoms with Crippen LogP contribution in [0, 0.1) is 18.3 Å². The van der Waals surface area contributed by atoms with Crippen LogP contribution in [0.5, 0.6) is 0 Å². The molecule has 2 aromatic heterocycles. The molecule has 7 aromatic carbocycles. The minimum Gasteiger partial charge on any atom is -0.455 e. The molecule has 0 unspecified atom stereocenters. The third-order valence-electron chi connectivity index (χ3n) is 10.8. The molecule has 0 amide bonds. The van der Waals surface area contributed by atoms with E-state index in [-0.39, 0.29) is 6.85 Å². The number of hydrogen-bond donors (Lipinski definition) is 0. The lowest BCUT2D eigenvalue weighted by molar-refractivity contribution is 0.673. The van der Waals surface area contributed by atoms with Crippen LogP contribution >= 0.6 is 0 Å². The normalized spacial score (nSPS) is 12.9. The molecule has 5 heteroatoms. The smallest absolute Gasteiger partial charge is 0.333 e. The molecule has 0 saturated heterocycles. The first-order valence-electron chi connectivity index (χ1n) is 16.7. The highest BCUT2D eigenvalue weighted by Gasteiger charge is 2.44. The van der Waals surface area contributed by atoms with Crippen molar-refractivity contribution in [1.29, 1.82) is 5.26 Å². The minimum atomic E-state index is -0.0494. The van der Waals surface area contributed by atoms with E-state index in [9.17, 15) is 5.26 Å². The van der Waals surface area contributed by atoms with Crippen LogP contribution in [0.3, 0.4) is 0 Å². The predicted molar refractivity (Wildman–Crippen MR) is 202 cm³/mol. The summed E-state index contributed by atoms with van der Waals surface area (Å²) < 4.78 is 9.33. The first kappa shape index (κ1) is 26.6. The minimum absolute atomic E-state index is 0.0494. The van der Waals surface area contributed by atoms with Gasteiger partial charge in [-0.3, -0.25) is 0 Å². The summed E-state index contributed by atoms with van der Waals surface area (Å²) >= 11 is 0. The molecule has 0 radical (unpaired) electrons. The molecule has 2 aliphatic heterocycles. The van der Waals surface area contributed by atoms with Gasteiger partial charge in [0.25, 0.3) is 0 Å². The average molecular weight is 624 g/mol. The number of anilines is 3.